The van der Waals surface area contributed by atoms with E-state index in [2.05, 4.69) is 136 Å². The molecular weight excluding hydrogens is 751 g/mol. The van der Waals surface area contributed by atoms with Gasteiger partial charge in [0.25, 0.3) is 0 Å². The maximum absolute atomic E-state index is 5.77. The largest absolute Gasteiger partial charge is 0.496 e. The number of fused-ring (bicyclic) bond motifs is 2. The van der Waals surface area contributed by atoms with Crippen molar-refractivity contribution in [2.45, 2.75) is 40.8 Å². The van der Waals surface area contributed by atoms with Gasteiger partial charge in [0.2, 0.25) is 0 Å². The molecule has 0 fully saturated rings. The smallest absolute Gasteiger partial charge is 0.0896 e. The molecule has 2 aromatic heterocycles. The SMILES string of the molecule is C[Si](C)=[Zr+2].Cc1ccc(-c2cc3c(-c4ccccc4)c(C)ccc3[cH-]2)o1.Cc1ccc(-c2cc3c(-c4ccccc4)c(C)ccc3[cH-]2)o1.Cl.Cl. The van der Waals surface area contributed by atoms with Crippen LogP contribution in [0.3, 0.4) is 0 Å². The molecule has 0 amide bonds. The fraction of sp³-hybridized carbons (Fsp3) is 0.136. The third-order valence-corrected chi connectivity index (χ3v) is 8.37. The number of rotatable bonds is 4. The van der Waals surface area contributed by atoms with Crippen LogP contribution in [0.2, 0.25) is 13.1 Å². The summed E-state index contributed by atoms with van der Waals surface area (Å²) in [6, 6.07) is 46.9. The van der Waals surface area contributed by atoms with E-state index in [0.29, 0.717) is 0 Å². The maximum atomic E-state index is 5.77. The van der Waals surface area contributed by atoms with Gasteiger partial charge in [-0.05, 0) is 74.2 Å². The van der Waals surface area contributed by atoms with Crippen LogP contribution < -0.4 is 0 Å². The monoisotopic (exact) mass is 790 g/mol. The third-order valence-electron chi connectivity index (χ3n) is 8.37. The predicted octanol–water partition coefficient (Wildman–Crippen LogP) is 13.8. The van der Waals surface area contributed by atoms with Crippen molar-refractivity contribution in [2.24, 2.45) is 0 Å². The third kappa shape index (κ3) is 8.97. The summed E-state index contributed by atoms with van der Waals surface area (Å²) < 4.78 is 11.5. The summed E-state index contributed by atoms with van der Waals surface area (Å²) in [6.07, 6.45) is 0. The van der Waals surface area contributed by atoms with Crippen LogP contribution >= 0.6 is 24.8 Å². The summed E-state index contributed by atoms with van der Waals surface area (Å²) >= 11 is 1.74. The number of hydrogen-bond donors (Lipinski definition) is 0. The van der Waals surface area contributed by atoms with Gasteiger partial charge in [0.15, 0.2) is 0 Å². The van der Waals surface area contributed by atoms with Crippen molar-refractivity contribution in [3.8, 4) is 44.9 Å². The molecule has 0 radical (unpaired) electrons. The fourth-order valence-corrected chi connectivity index (χ4v) is 6.22. The normalized spacial score (nSPS) is 10.4. The zero-order valence-corrected chi connectivity index (χ0v) is 34.4. The van der Waals surface area contributed by atoms with Gasteiger partial charge in [0.05, 0.1) is 23.0 Å². The molecule has 0 aliphatic carbocycles. The second-order valence-electron chi connectivity index (χ2n) is 12.6. The molecule has 8 aromatic rings. The molecule has 0 spiro atoms. The molecular formula is C44H42Cl2O2SiZr. The minimum atomic E-state index is 0. The van der Waals surface area contributed by atoms with Crippen LogP contribution in [0.1, 0.15) is 22.6 Å². The zero-order valence-electron chi connectivity index (χ0n) is 29.3. The topological polar surface area (TPSA) is 26.3 Å². The first-order valence-corrected chi connectivity index (χ1v) is 22.5. The van der Waals surface area contributed by atoms with E-state index in [4.69, 9.17) is 8.83 Å². The van der Waals surface area contributed by atoms with Crippen molar-refractivity contribution in [3.05, 3.63) is 156 Å². The Morgan fingerprint density at radius 3 is 1.18 bits per heavy atom. The Labute approximate surface area is 323 Å². The van der Waals surface area contributed by atoms with Gasteiger partial charge in [-0.3, -0.25) is 0 Å². The molecule has 0 saturated carbocycles. The van der Waals surface area contributed by atoms with Gasteiger partial charge < -0.3 is 8.83 Å². The summed E-state index contributed by atoms with van der Waals surface area (Å²) in [6.45, 7) is 12.9. The molecule has 6 heteroatoms. The van der Waals surface area contributed by atoms with Crippen molar-refractivity contribution in [2.75, 3.05) is 0 Å². The van der Waals surface area contributed by atoms with Gasteiger partial charge in [-0.15, -0.1) is 82.8 Å². The van der Waals surface area contributed by atoms with E-state index in [9.17, 15) is 0 Å². The molecule has 2 heterocycles. The standard InChI is InChI=1S/2C21H17O.C2H6Si.2ClH.Zr/c2*1-14-8-10-17-12-18(20-11-9-15(2)22-20)13-19(17)21(14)16-6-4-3-5-7-16;1-3-2;;;/h2*3-13H,1-2H3;1-2H3;2*1H;/q2*-1;;;;+2. The van der Waals surface area contributed by atoms with Crippen LogP contribution in [0.25, 0.3) is 66.4 Å². The Balaban J connectivity index is 0.000000196. The van der Waals surface area contributed by atoms with Crippen LogP contribution in [-0.2, 0) is 23.3 Å². The summed E-state index contributed by atoms with van der Waals surface area (Å²) in [7, 11) is 0. The first-order valence-electron chi connectivity index (χ1n) is 16.3. The molecule has 0 saturated heterocycles. The second kappa shape index (κ2) is 17.5. The van der Waals surface area contributed by atoms with Crippen LogP contribution in [0.4, 0.5) is 0 Å². The number of aryl methyl sites for hydroxylation is 4. The van der Waals surface area contributed by atoms with Crippen molar-refractivity contribution in [1.29, 1.82) is 0 Å². The minimum Gasteiger partial charge on any atom is -0.496 e. The molecule has 6 aromatic carbocycles. The summed E-state index contributed by atoms with van der Waals surface area (Å²) in [4.78, 5) is 0. The number of halogens is 2. The minimum absolute atomic E-state index is 0. The first-order chi connectivity index (χ1) is 23.2. The number of hydrogen-bond acceptors (Lipinski definition) is 2. The zero-order chi connectivity index (χ0) is 33.8. The number of furan rings is 2. The van der Waals surface area contributed by atoms with E-state index in [1.165, 1.54) is 54.9 Å². The Hall–Kier alpha value is -3.66. The Morgan fingerprint density at radius 2 is 0.860 bits per heavy atom. The summed E-state index contributed by atoms with van der Waals surface area (Å²) in [5.74, 6) is 3.76. The van der Waals surface area contributed by atoms with E-state index in [1.807, 2.05) is 38.1 Å². The Morgan fingerprint density at radius 1 is 0.500 bits per heavy atom. The molecule has 252 valence electrons. The molecule has 0 N–H and O–H groups in total. The van der Waals surface area contributed by atoms with Crippen molar-refractivity contribution in [3.63, 3.8) is 0 Å². The molecule has 50 heavy (non-hydrogen) atoms. The van der Waals surface area contributed by atoms with Gasteiger partial charge in [-0.25, -0.2) is 0 Å². The quantitative estimate of drug-likeness (QED) is 0.131. The van der Waals surface area contributed by atoms with E-state index in [0.717, 1.165) is 34.2 Å². The van der Waals surface area contributed by atoms with Crippen LogP contribution in [0, 0.1) is 27.7 Å². The fourth-order valence-electron chi connectivity index (χ4n) is 6.22. The molecule has 0 aliphatic rings. The van der Waals surface area contributed by atoms with Crippen molar-refractivity contribution in [1.82, 2.24) is 0 Å². The second-order valence-corrected chi connectivity index (χ2v) is 21.9. The Bertz CT molecular complexity index is 2160. The van der Waals surface area contributed by atoms with Gasteiger partial charge >= 0.3 is 41.9 Å². The van der Waals surface area contributed by atoms with Crippen LogP contribution in [0.5, 0.6) is 0 Å². The van der Waals surface area contributed by atoms with Crippen molar-refractivity contribution < 1.29 is 32.2 Å². The molecule has 8 rings (SSSR count). The van der Waals surface area contributed by atoms with Crippen LogP contribution in [0.15, 0.2) is 142 Å². The van der Waals surface area contributed by atoms with Gasteiger partial charge in [0.1, 0.15) is 0 Å². The molecule has 0 unspecified atom stereocenters. The maximum Gasteiger partial charge on any atom is 0.0896 e. The first kappa shape index (κ1) is 39.1. The Kier molecular flexibility index (Phi) is 13.7. The molecule has 0 bridgehead atoms. The van der Waals surface area contributed by atoms with Crippen molar-refractivity contribution >= 4 is 51.8 Å². The average molecular weight is 793 g/mol. The van der Waals surface area contributed by atoms with Gasteiger partial charge in [-0.1, -0.05) is 95.1 Å². The summed E-state index contributed by atoms with van der Waals surface area (Å²) in [5.41, 5.74) is 10.2. The predicted molar refractivity (Wildman–Crippen MR) is 216 cm³/mol. The molecule has 0 aliphatic heterocycles. The van der Waals surface area contributed by atoms with Gasteiger partial charge in [0, 0.05) is 0 Å². The van der Waals surface area contributed by atoms with Gasteiger partial charge in [-0.2, -0.15) is 0 Å². The average Bonchev–Trinajstić information content (AvgIpc) is 3.88. The van der Waals surface area contributed by atoms with E-state index in [1.54, 1.807) is 23.3 Å². The number of benzene rings is 4. The summed E-state index contributed by atoms with van der Waals surface area (Å²) in [5, 5.41) is 5.09. The van der Waals surface area contributed by atoms with E-state index in [-0.39, 0.29) is 30.2 Å². The van der Waals surface area contributed by atoms with Crippen LogP contribution in [-0.4, -0.2) is 5.43 Å². The molecule has 0 atom stereocenters. The van der Waals surface area contributed by atoms with E-state index < -0.39 is 0 Å². The van der Waals surface area contributed by atoms with E-state index >= 15 is 0 Å². The molecule has 2 nitrogen and oxygen atoms in total.